The van der Waals surface area contributed by atoms with Crippen molar-refractivity contribution in [1.29, 1.82) is 0 Å². The second kappa shape index (κ2) is 11.0. The Morgan fingerprint density at radius 2 is 1.53 bits per heavy atom. The van der Waals surface area contributed by atoms with Crippen LogP contribution in [0.5, 0.6) is 0 Å². The molecule has 0 spiro atoms. The lowest BCUT2D eigenvalue weighted by Crippen LogP contribution is -2.35. The van der Waals surface area contributed by atoms with E-state index in [-0.39, 0.29) is 17.6 Å². The van der Waals surface area contributed by atoms with Crippen molar-refractivity contribution in [1.82, 2.24) is 14.7 Å². The minimum absolute atomic E-state index is 0.0327. The van der Waals surface area contributed by atoms with Crippen molar-refractivity contribution in [3.8, 4) is 0 Å². The van der Waals surface area contributed by atoms with E-state index in [9.17, 15) is 14.0 Å². The van der Waals surface area contributed by atoms with E-state index in [1.165, 1.54) is 23.9 Å². The van der Waals surface area contributed by atoms with Crippen molar-refractivity contribution in [3.05, 3.63) is 65.5 Å². The van der Waals surface area contributed by atoms with Crippen LogP contribution in [0.15, 0.2) is 53.4 Å². The van der Waals surface area contributed by atoms with Gasteiger partial charge in [0.1, 0.15) is 5.82 Å². The Morgan fingerprint density at radius 1 is 0.812 bits per heavy atom. The van der Waals surface area contributed by atoms with Gasteiger partial charge in [0.05, 0.1) is 11.3 Å². The number of halogens is 1. The summed E-state index contributed by atoms with van der Waals surface area (Å²) in [5.74, 6) is 0.335. The minimum Gasteiger partial charge on any atom is -0.342 e. The molecule has 4 rings (SSSR count). The van der Waals surface area contributed by atoms with Crippen LogP contribution in [0.2, 0.25) is 0 Å². The number of amides is 2. The summed E-state index contributed by atoms with van der Waals surface area (Å²) in [5, 5.41) is 0. The van der Waals surface area contributed by atoms with Crippen molar-refractivity contribution >= 4 is 23.6 Å². The average Bonchev–Trinajstić information content (AvgIpc) is 3.26. The van der Waals surface area contributed by atoms with E-state index < -0.39 is 0 Å². The molecule has 2 amide bonds. The highest BCUT2D eigenvalue weighted by Crippen LogP contribution is 2.25. The molecule has 0 saturated carbocycles. The molecule has 7 heteroatoms. The predicted molar refractivity (Wildman–Crippen MR) is 125 cm³/mol. The van der Waals surface area contributed by atoms with E-state index in [0.29, 0.717) is 24.4 Å². The molecular formula is C25H30FN3O2S. The van der Waals surface area contributed by atoms with Gasteiger partial charge in [-0.15, -0.1) is 11.8 Å². The summed E-state index contributed by atoms with van der Waals surface area (Å²) in [7, 11) is 0. The van der Waals surface area contributed by atoms with Crippen LogP contribution in [-0.2, 0) is 11.3 Å². The molecule has 2 saturated heterocycles. The van der Waals surface area contributed by atoms with Gasteiger partial charge in [0.2, 0.25) is 5.91 Å². The number of hydrogen-bond donors (Lipinski definition) is 0. The number of carbonyl (C=O) groups is 2. The van der Waals surface area contributed by atoms with E-state index in [4.69, 9.17) is 0 Å². The number of benzene rings is 2. The summed E-state index contributed by atoms with van der Waals surface area (Å²) >= 11 is 1.46. The first-order chi connectivity index (χ1) is 15.6. The quantitative estimate of drug-likeness (QED) is 0.620. The predicted octanol–water partition coefficient (Wildman–Crippen LogP) is 3.89. The number of rotatable bonds is 6. The first kappa shape index (κ1) is 22.8. The highest BCUT2D eigenvalue weighted by molar-refractivity contribution is 8.00. The van der Waals surface area contributed by atoms with E-state index in [0.717, 1.165) is 62.4 Å². The molecule has 2 aliphatic rings. The lowest BCUT2D eigenvalue weighted by molar-refractivity contribution is -0.127. The highest BCUT2D eigenvalue weighted by atomic mass is 32.2. The Kier molecular flexibility index (Phi) is 7.81. The van der Waals surface area contributed by atoms with Crippen molar-refractivity contribution in [2.24, 2.45) is 0 Å². The molecule has 0 bridgehead atoms. The van der Waals surface area contributed by atoms with E-state index in [1.807, 2.05) is 46.2 Å². The summed E-state index contributed by atoms with van der Waals surface area (Å²) in [6.45, 7) is 5.52. The van der Waals surface area contributed by atoms with Gasteiger partial charge >= 0.3 is 0 Å². The van der Waals surface area contributed by atoms with Crippen molar-refractivity contribution in [2.45, 2.75) is 30.7 Å². The third-order valence-corrected chi connectivity index (χ3v) is 7.18. The minimum atomic E-state index is -0.222. The number of hydrogen-bond acceptors (Lipinski definition) is 4. The Morgan fingerprint density at radius 3 is 2.31 bits per heavy atom. The Labute approximate surface area is 193 Å². The van der Waals surface area contributed by atoms with Crippen LogP contribution in [0.1, 0.15) is 35.2 Å². The van der Waals surface area contributed by atoms with Crippen LogP contribution in [0, 0.1) is 5.82 Å². The van der Waals surface area contributed by atoms with Crippen LogP contribution in [0.4, 0.5) is 4.39 Å². The molecule has 170 valence electrons. The van der Waals surface area contributed by atoms with Crippen LogP contribution in [-0.4, -0.2) is 71.5 Å². The Bertz CT molecular complexity index is 931. The van der Waals surface area contributed by atoms with Gasteiger partial charge < -0.3 is 9.80 Å². The van der Waals surface area contributed by atoms with E-state index in [2.05, 4.69) is 4.90 Å². The number of likely N-dealkylation sites (tertiary alicyclic amines) is 1. The Balaban J connectivity index is 1.35. The molecule has 2 heterocycles. The summed E-state index contributed by atoms with van der Waals surface area (Å²) in [6, 6.07) is 14.2. The van der Waals surface area contributed by atoms with Gasteiger partial charge in [-0.25, -0.2) is 4.39 Å². The molecule has 0 aliphatic carbocycles. The third-order valence-electron chi connectivity index (χ3n) is 6.12. The number of thioether (sulfide) groups is 1. The zero-order valence-corrected chi connectivity index (χ0v) is 19.2. The zero-order valence-electron chi connectivity index (χ0n) is 18.3. The largest absolute Gasteiger partial charge is 0.342 e. The lowest BCUT2D eigenvalue weighted by atomic mass is 10.2. The molecular weight excluding hydrogens is 425 g/mol. The van der Waals surface area contributed by atoms with Gasteiger partial charge in [0.15, 0.2) is 0 Å². The average molecular weight is 456 g/mol. The molecule has 0 aromatic heterocycles. The maximum atomic E-state index is 13.3. The molecule has 2 aromatic rings. The first-order valence-electron chi connectivity index (χ1n) is 11.4. The van der Waals surface area contributed by atoms with Crippen molar-refractivity contribution in [3.63, 3.8) is 0 Å². The summed E-state index contributed by atoms with van der Waals surface area (Å²) in [6.07, 6.45) is 3.06. The molecule has 0 radical (unpaired) electrons. The van der Waals surface area contributed by atoms with Crippen LogP contribution < -0.4 is 0 Å². The molecule has 2 fully saturated rings. The summed E-state index contributed by atoms with van der Waals surface area (Å²) < 4.78 is 13.2. The smallest absolute Gasteiger partial charge is 0.255 e. The van der Waals surface area contributed by atoms with Crippen molar-refractivity contribution in [2.75, 3.05) is 45.0 Å². The van der Waals surface area contributed by atoms with Crippen LogP contribution in [0.3, 0.4) is 0 Å². The summed E-state index contributed by atoms with van der Waals surface area (Å²) in [4.78, 5) is 32.8. The summed E-state index contributed by atoms with van der Waals surface area (Å²) in [5.41, 5.74) is 1.76. The maximum absolute atomic E-state index is 13.3. The molecule has 2 aliphatic heterocycles. The molecule has 0 N–H and O–H groups in total. The molecule has 5 nitrogen and oxygen atoms in total. The van der Waals surface area contributed by atoms with Gasteiger partial charge in [-0.05, 0) is 49.1 Å². The molecule has 0 atom stereocenters. The monoisotopic (exact) mass is 455 g/mol. The van der Waals surface area contributed by atoms with Crippen LogP contribution >= 0.6 is 11.8 Å². The Hall–Kier alpha value is -2.38. The molecule has 0 unspecified atom stereocenters. The van der Waals surface area contributed by atoms with E-state index in [1.54, 1.807) is 0 Å². The highest BCUT2D eigenvalue weighted by Gasteiger charge is 2.23. The topological polar surface area (TPSA) is 43.9 Å². The maximum Gasteiger partial charge on any atom is 0.255 e. The van der Waals surface area contributed by atoms with Crippen LogP contribution in [0.25, 0.3) is 0 Å². The van der Waals surface area contributed by atoms with Gasteiger partial charge in [-0.1, -0.05) is 24.3 Å². The fourth-order valence-corrected chi connectivity index (χ4v) is 5.26. The number of carbonyl (C=O) groups excluding carboxylic acids is 2. The lowest BCUT2D eigenvalue weighted by Gasteiger charge is -2.23. The SMILES string of the molecule is O=C(CSc1ccccc1C(=O)N1CCCN(Cc2ccc(F)cc2)CC1)N1CCCC1. The molecule has 2 aromatic carbocycles. The van der Waals surface area contributed by atoms with Gasteiger partial charge in [0.25, 0.3) is 5.91 Å². The second-order valence-electron chi connectivity index (χ2n) is 8.42. The number of nitrogens with zero attached hydrogens (tertiary/aromatic N) is 3. The standard InChI is InChI=1S/C25H30FN3O2S/c26-21-10-8-20(9-11-21)18-27-12-5-15-29(17-16-27)25(31)22-6-1-2-7-23(22)32-19-24(30)28-13-3-4-14-28/h1-2,6-11H,3-5,12-19H2. The fraction of sp³-hybridized carbons (Fsp3) is 0.440. The molecule has 32 heavy (non-hydrogen) atoms. The van der Waals surface area contributed by atoms with Gasteiger partial charge in [-0.2, -0.15) is 0 Å². The van der Waals surface area contributed by atoms with Gasteiger partial charge in [-0.3, -0.25) is 14.5 Å². The third kappa shape index (κ3) is 5.90. The van der Waals surface area contributed by atoms with Gasteiger partial charge in [0, 0.05) is 50.7 Å². The fourth-order valence-electron chi connectivity index (χ4n) is 4.32. The van der Waals surface area contributed by atoms with E-state index >= 15 is 0 Å². The zero-order chi connectivity index (χ0) is 22.3. The second-order valence-corrected chi connectivity index (χ2v) is 9.44. The van der Waals surface area contributed by atoms with Crippen molar-refractivity contribution < 1.29 is 14.0 Å². The normalized spacial score (nSPS) is 17.4. The first-order valence-corrected chi connectivity index (χ1v) is 12.3.